The van der Waals surface area contributed by atoms with Crippen LogP contribution in [0.3, 0.4) is 0 Å². The summed E-state index contributed by atoms with van der Waals surface area (Å²) < 4.78 is 5.59. The number of nitrogen functional groups attached to an aromatic ring is 1. The SMILES string of the molecule is Nc1ccc2oc(/C=C/c3ccccc3)nc2c1. The summed E-state index contributed by atoms with van der Waals surface area (Å²) in [5.41, 5.74) is 9.03. The zero-order valence-corrected chi connectivity index (χ0v) is 9.71. The van der Waals surface area contributed by atoms with Crippen LogP contribution in [0.5, 0.6) is 0 Å². The normalized spacial score (nSPS) is 11.3. The van der Waals surface area contributed by atoms with Crippen molar-refractivity contribution < 1.29 is 4.42 Å². The Morgan fingerprint density at radius 1 is 1.00 bits per heavy atom. The first-order valence-electron chi connectivity index (χ1n) is 5.70. The molecule has 0 bridgehead atoms. The van der Waals surface area contributed by atoms with Crippen LogP contribution < -0.4 is 5.73 Å². The molecule has 88 valence electrons. The minimum absolute atomic E-state index is 0.583. The van der Waals surface area contributed by atoms with Gasteiger partial charge in [0.25, 0.3) is 0 Å². The van der Waals surface area contributed by atoms with Crippen LogP contribution in [-0.2, 0) is 0 Å². The van der Waals surface area contributed by atoms with Crippen molar-refractivity contribution in [1.29, 1.82) is 0 Å². The third kappa shape index (κ3) is 2.11. The molecule has 3 aromatic rings. The summed E-state index contributed by atoms with van der Waals surface area (Å²) in [5.74, 6) is 0.583. The third-order valence-electron chi connectivity index (χ3n) is 2.65. The molecule has 0 radical (unpaired) electrons. The zero-order chi connectivity index (χ0) is 12.4. The lowest BCUT2D eigenvalue weighted by Gasteiger charge is -1.89. The van der Waals surface area contributed by atoms with E-state index in [1.807, 2.05) is 48.6 Å². The lowest BCUT2D eigenvalue weighted by Crippen LogP contribution is -1.82. The van der Waals surface area contributed by atoms with Crippen molar-refractivity contribution in [2.45, 2.75) is 0 Å². The minimum atomic E-state index is 0.583. The molecule has 0 unspecified atom stereocenters. The molecule has 18 heavy (non-hydrogen) atoms. The second-order valence-corrected chi connectivity index (χ2v) is 4.02. The first kappa shape index (κ1) is 10.6. The molecule has 0 aliphatic heterocycles. The lowest BCUT2D eigenvalue weighted by atomic mass is 10.2. The van der Waals surface area contributed by atoms with Crippen molar-refractivity contribution in [3.05, 3.63) is 60.0 Å². The van der Waals surface area contributed by atoms with Gasteiger partial charge in [0.1, 0.15) is 5.52 Å². The van der Waals surface area contributed by atoms with Gasteiger partial charge in [-0.3, -0.25) is 0 Å². The van der Waals surface area contributed by atoms with Crippen LogP contribution in [0.2, 0.25) is 0 Å². The number of hydrogen-bond acceptors (Lipinski definition) is 3. The van der Waals surface area contributed by atoms with E-state index in [1.54, 1.807) is 12.1 Å². The van der Waals surface area contributed by atoms with Crippen molar-refractivity contribution >= 4 is 28.9 Å². The topological polar surface area (TPSA) is 52.0 Å². The quantitative estimate of drug-likeness (QED) is 0.692. The summed E-state index contributed by atoms with van der Waals surface area (Å²) in [6, 6.07) is 15.5. The minimum Gasteiger partial charge on any atom is -0.437 e. The Morgan fingerprint density at radius 2 is 1.83 bits per heavy atom. The molecular formula is C15H12N2O. The van der Waals surface area contributed by atoms with Crippen molar-refractivity contribution in [3.8, 4) is 0 Å². The Bertz CT molecular complexity index is 699. The van der Waals surface area contributed by atoms with E-state index in [9.17, 15) is 0 Å². The highest BCUT2D eigenvalue weighted by Crippen LogP contribution is 2.19. The van der Waals surface area contributed by atoms with Crippen molar-refractivity contribution in [3.63, 3.8) is 0 Å². The number of rotatable bonds is 2. The van der Waals surface area contributed by atoms with Gasteiger partial charge in [0.2, 0.25) is 5.89 Å². The molecule has 0 amide bonds. The monoisotopic (exact) mass is 236 g/mol. The number of benzene rings is 2. The lowest BCUT2D eigenvalue weighted by molar-refractivity contribution is 0.590. The average molecular weight is 236 g/mol. The van der Waals surface area contributed by atoms with Crippen molar-refractivity contribution in [2.24, 2.45) is 0 Å². The molecule has 0 atom stereocenters. The van der Waals surface area contributed by atoms with Gasteiger partial charge >= 0.3 is 0 Å². The Hall–Kier alpha value is -2.55. The fourth-order valence-electron chi connectivity index (χ4n) is 1.77. The van der Waals surface area contributed by atoms with E-state index < -0.39 is 0 Å². The molecule has 0 spiro atoms. The molecule has 0 saturated carbocycles. The molecule has 3 nitrogen and oxygen atoms in total. The molecule has 2 aromatic carbocycles. The maximum Gasteiger partial charge on any atom is 0.220 e. The number of aromatic nitrogens is 1. The molecule has 0 fully saturated rings. The summed E-state index contributed by atoms with van der Waals surface area (Å²) in [6.07, 6.45) is 3.82. The number of nitrogens with two attached hydrogens (primary N) is 1. The zero-order valence-electron chi connectivity index (χ0n) is 9.71. The van der Waals surface area contributed by atoms with Crippen LogP contribution in [-0.4, -0.2) is 4.98 Å². The van der Waals surface area contributed by atoms with Crippen LogP contribution in [0.15, 0.2) is 52.9 Å². The van der Waals surface area contributed by atoms with Crippen LogP contribution in [0.25, 0.3) is 23.3 Å². The summed E-state index contributed by atoms with van der Waals surface area (Å²) in [4.78, 5) is 4.36. The predicted molar refractivity (Wildman–Crippen MR) is 73.8 cm³/mol. The van der Waals surface area contributed by atoms with Gasteiger partial charge in [-0.05, 0) is 29.8 Å². The van der Waals surface area contributed by atoms with E-state index in [-0.39, 0.29) is 0 Å². The predicted octanol–water partition coefficient (Wildman–Crippen LogP) is 3.58. The van der Waals surface area contributed by atoms with E-state index in [2.05, 4.69) is 4.98 Å². The first-order chi connectivity index (χ1) is 8.81. The summed E-state index contributed by atoms with van der Waals surface area (Å²) in [6.45, 7) is 0. The Morgan fingerprint density at radius 3 is 2.67 bits per heavy atom. The van der Waals surface area contributed by atoms with Crippen molar-refractivity contribution in [2.75, 3.05) is 5.73 Å². The fraction of sp³-hybridized carbons (Fsp3) is 0. The summed E-state index contributed by atoms with van der Waals surface area (Å²) >= 11 is 0. The van der Waals surface area contributed by atoms with E-state index >= 15 is 0 Å². The molecule has 3 rings (SSSR count). The molecule has 1 aromatic heterocycles. The highest BCUT2D eigenvalue weighted by Gasteiger charge is 2.02. The van der Waals surface area contributed by atoms with Gasteiger partial charge < -0.3 is 10.2 Å². The Balaban J connectivity index is 1.93. The van der Waals surface area contributed by atoms with Crippen LogP contribution in [0.4, 0.5) is 5.69 Å². The van der Waals surface area contributed by atoms with E-state index in [1.165, 1.54) is 0 Å². The van der Waals surface area contributed by atoms with Gasteiger partial charge in [-0.2, -0.15) is 0 Å². The summed E-state index contributed by atoms with van der Waals surface area (Å²) in [5, 5.41) is 0. The maximum atomic E-state index is 5.70. The number of anilines is 1. The van der Waals surface area contributed by atoms with Gasteiger partial charge in [-0.25, -0.2) is 4.98 Å². The first-order valence-corrected chi connectivity index (χ1v) is 5.70. The highest BCUT2D eigenvalue weighted by atomic mass is 16.3. The van der Waals surface area contributed by atoms with Gasteiger partial charge in [-0.15, -0.1) is 0 Å². The Labute approximate surface area is 105 Å². The summed E-state index contributed by atoms with van der Waals surface area (Å²) in [7, 11) is 0. The fourth-order valence-corrected chi connectivity index (χ4v) is 1.77. The molecular weight excluding hydrogens is 224 g/mol. The van der Waals surface area contributed by atoms with Gasteiger partial charge in [-0.1, -0.05) is 30.3 Å². The second-order valence-electron chi connectivity index (χ2n) is 4.02. The third-order valence-corrected chi connectivity index (χ3v) is 2.65. The second kappa shape index (κ2) is 4.37. The van der Waals surface area contributed by atoms with Crippen LogP contribution in [0.1, 0.15) is 11.5 Å². The van der Waals surface area contributed by atoms with Gasteiger partial charge in [0.15, 0.2) is 5.58 Å². The van der Waals surface area contributed by atoms with E-state index in [0.717, 1.165) is 16.7 Å². The van der Waals surface area contributed by atoms with Gasteiger partial charge in [0.05, 0.1) is 0 Å². The molecule has 0 aliphatic carbocycles. The van der Waals surface area contributed by atoms with E-state index in [4.69, 9.17) is 10.2 Å². The van der Waals surface area contributed by atoms with Crippen molar-refractivity contribution in [1.82, 2.24) is 4.98 Å². The smallest absolute Gasteiger partial charge is 0.220 e. The molecule has 0 aliphatic rings. The van der Waals surface area contributed by atoms with Crippen LogP contribution >= 0.6 is 0 Å². The van der Waals surface area contributed by atoms with Gasteiger partial charge in [0, 0.05) is 11.8 Å². The molecule has 3 heteroatoms. The molecule has 0 saturated heterocycles. The number of nitrogens with zero attached hydrogens (tertiary/aromatic N) is 1. The van der Waals surface area contributed by atoms with Crippen LogP contribution in [0, 0.1) is 0 Å². The Kier molecular flexibility index (Phi) is 2.57. The number of oxazole rings is 1. The molecule has 1 heterocycles. The maximum absolute atomic E-state index is 5.70. The van der Waals surface area contributed by atoms with E-state index in [0.29, 0.717) is 11.6 Å². The highest BCUT2D eigenvalue weighted by molar-refractivity contribution is 5.79. The average Bonchev–Trinajstić information content (AvgIpc) is 2.79. The number of fused-ring (bicyclic) bond motifs is 1. The molecule has 2 N–H and O–H groups in total. The standard InChI is InChI=1S/C15H12N2O/c16-12-7-8-14-13(10-12)17-15(18-14)9-6-11-4-2-1-3-5-11/h1-10H,16H2/b9-6+. The number of hydrogen-bond donors (Lipinski definition) is 1. The largest absolute Gasteiger partial charge is 0.437 e.